The van der Waals surface area contributed by atoms with Crippen LogP contribution >= 0.6 is 11.6 Å². The average Bonchev–Trinajstić information content (AvgIpc) is 2.42. The van der Waals surface area contributed by atoms with E-state index in [0.717, 1.165) is 12.8 Å². The molecule has 1 aliphatic rings. The Kier molecular flexibility index (Phi) is 4.91. The SMILES string of the molecule is COc1ccc(Cl)c(NC(=O)NC2CCCCC2)c1. The first-order valence-corrected chi connectivity index (χ1v) is 6.98. The molecule has 0 aliphatic heterocycles. The van der Waals surface area contributed by atoms with Crippen molar-refractivity contribution in [2.24, 2.45) is 0 Å². The van der Waals surface area contributed by atoms with Gasteiger partial charge >= 0.3 is 6.03 Å². The Labute approximate surface area is 118 Å². The van der Waals surface area contributed by atoms with Crippen LogP contribution in [-0.4, -0.2) is 19.2 Å². The number of nitrogens with one attached hydrogen (secondary N) is 2. The van der Waals surface area contributed by atoms with E-state index in [9.17, 15) is 4.79 Å². The monoisotopic (exact) mass is 282 g/mol. The summed E-state index contributed by atoms with van der Waals surface area (Å²) in [5, 5.41) is 6.25. The number of methoxy groups -OCH3 is 1. The number of carbonyl (C=O) groups is 1. The van der Waals surface area contributed by atoms with E-state index in [-0.39, 0.29) is 12.1 Å². The second kappa shape index (κ2) is 6.66. The maximum absolute atomic E-state index is 11.9. The fourth-order valence-corrected chi connectivity index (χ4v) is 2.48. The largest absolute Gasteiger partial charge is 0.497 e. The summed E-state index contributed by atoms with van der Waals surface area (Å²) >= 11 is 6.04. The number of halogens is 1. The summed E-state index contributed by atoms with van der Waals surface area (Å²) in [6.45, 7) is 0. The molecule has 1 aliphatic carbocycles. The molecule has 1 aromatic rings. The molecule has 0 unspecified atom stereocenters. The topological polar surface area (TPSA) is 50.4 Å². The maximum Gasteiger partial charge on any atom is 0.319 e. The predicted octanol–water partition coefficient (Wildman–Crippen LogP) is 3.80. The third kappa shape index (κ3) is 4.03. The number of urea groups is 1. The van der Waals surface area contributed by atoms with Crippen LogP contribution in [0.1, 0.15) is 32.1 Å². The molecule has 0 spiro atoms. The van der Waals surface area contributed by atoms with E-state index in [1.165, 1.54) is 19.3 Å². The Balaban J connectivity index is 1.94. The van der Waals surface area contributed by atoms with Crippen LogP contribution in [0.4, 0.5) is 10.5 Å². The molecule has 0 atom stereocenters. The minimum absolute atomic E-state index is 0.206. The van der Waals surface area contributed by atoms with Gasteiger partial charge in [-0.05, 0) is 25.0 Å². The number of carbonyl (C=O) groups excluding carboxylic acids is 1. The molecular weight excluding hydrogens is 264 g/mol. The number of rotatable bonds is 3. The molecule has 2 amide bonds. The first-order chi connectivity index (χ1) is 9.19. The second-order valence-electron chi connectivity index (χ2n) is 4.78. The number of hydrogen-bond donors (Lipinski definition) is 2. The van der Waals surface area contributed by atoms with Crippen LogP contribution < -0.4 is 15.4 Å². The van der Waals surface area contributed by atoms with Gasteiger partial charge in [-0.15, -0.1) is 0 Å². The molecule has 104 valence electrons. The van der Waals surface area contributed by atoms with Gasteiger partial charge < -0.3 is 15.4 Å². The van der Waals surface area contributed by atoms with Gasteiger partial charge in [-0.1, -0.05) is 30.9 Å². The van der Waals surface area contributed by atoms with E-state index >= 15 is 0 Å². The van der Waals surface area contributed by atoms with E-state index in [4.69, 9.17) is 16.3 Å². The van der Waals surface area contributed by atoms with Crippen molar-refractivity contribution in [2.45, 2.75) is 38.1 Å². The maximum atomic E-state index is 11.9. The molecule has 2 N–H and O–H groups in total. The smallest absolute Gasteiger partial charge is 0.319 e. The zero-order valence-electron chi connectivity index (χ0n) is 11.0. The molecule has 0 bridgehead atoms. The normalized spacial score (nSPS) is 15.9. The Bertz CT molecular complexity index is 445. The molecule has 0 saturated heterocycles. The first kappa shape index (κ1) is 14.0. The van der Waals surface area contributed by atoms with Gasteiger partial charge in [0.2, 0.25) is 0 Å². The van der Waals surface area contributed by atoms with E-state index in [2.05, 4.69) is 10.6 Å². The van der Waals surface area contributed by atoms with Crippen LogP contribution in [-0.2, 0) is 0 Å². The van der Waals surface area contributed by atoms with Crippen molar-refractivity contribution < 1.29 is 9.53 Å². The van der Waals surface area contributed by atoms with E-state index < -0.39 is 0 Å². The number of benzene rings is 1. The molecule has 0 aromatic heterocycles. The third-order valence-corrected chi connectivity index (χ3v) is 3.69. The zero-order valence-corrected chi connectivity index (χ0v) is 11.8. The second-order valence-corrected chi connectivity index (χ2v) is 5.19. The van der Waals surface area contributed by atoms with Crippen molar-refractivity contribution >= 4 is 23.3 Å². The highest BCUT2D eigenvalue weighted by atomic mass is 35.5. The highest BCUT2D eigenvalue weighted by Gasteiger charge is 2.16. The van der Waals surface area contributed by atoms with Gasteiger partial charge in [0.1, 0.15) is 5.75 Å². The number of amides is 2. The Morgan fingerprint density at radius 2 is 2.05 bits per heavy atom. The van der Waals surface area contributed by atoms with Gasteiger partial charge in [-0.2, -0.15) is 0 Å². The minimum atomic E-state index is -0.206. The van der Waals surface area contributed by atoms with Gasteiger partial charge in [0.15, 0.2) is 0 Å². The van der Waals surface area contributed by atoms with Gasteiger partial charge in [0.05, 0.1) is 17.8 Å². The van der Waals surface area contributed by atoms with Crippen LogP contribution in [0.15, 0.2) is 18.2 Å². The molecule has 19 heavy (non-hydrogen) atoms. The molecule has 0 radical (unpaired) electrons. The van der Waals surface area contributed by atoms with E-state index in [1.54, 1.807) is 25.3 Å². The summed E-state index contributed by atoms with van der Waals surface area (Å²) in [4.78, 5) is 11.9. The average molecular weight is 283 g/mol. The molecule has 2 rings (SSSR count). The third-order valence-electron chi connectivity index (χ3n) is 3.36. The lowest BCUT2D eigenvalue weighted by atomic mass is 9.96. The van der Waals surface area contributed by atoms with Crippen molar-refractivity contribution in [1.29, 1.82) is 0 Å². The van der Waals surface area contributed by atoms with E-state index in [1.807, 2.05) is 0 Å². The highest BCUT2D eigenvalue weighted by Crippen LogP contribution is 2.26. The van der Waals surface area contributed by atoms with Crippen molar-refractivity contribution in [3.63, 3.8) is 0 Å². The highest BCUT2D eigenvalue weighted by molar-refractivity contribution is 6.33. The lowest BCUT2D eigenvalue weighted by molar-refractivity contribution is 0.244. The Morgan fingerprint density at radius 3 is 2.74 bits per heavy atom. The summed E-state index contributed by atoms with van der Waals surface area (Å²) in [5.74, 6) is 0.664. The summed E-state index contributed by atoms with van der Waals surface area (Å²) in [7, 11) is 1.58. The van der Waals surface area contributed by atoms with Crippen molar-refractivity contribution in [1.82, 2.24) is 5.32 Å². The van der Waals surface area contributed by atoms with Crippen LogP contribution in [0.2, 0.25) is 5.02 Å². The molecule has 4 nitrogen and oxygen atoms in total. The number of ether oxygens (including phenoxy) is 1. The van der Waals surface area contributed by atoms with Gasteiger partial charge in [-0.3, -0.25) is 0 Å². The fourth-order valence-electron chi connectivity index (χ4n) is 2.32. The van der Waals surface area contributed by atoms with Gasteiger partial charge in [-0.25, -0.2) is 4.79 Å². The predicted molar refractivity (Wildman–Crippen MR) is 77.0 cm³/mol. The first-order valence-electron chi connectivity index (χ1n) is 6.60. The van der Waals surface area contributed by atoms with Crippen LogP contribution in [0.25, 0.3) is 0 Å². The summed E-state index contributed by atoms with van der Waals surface area (Å²) in [6, 6.07) is 5.24. The zero-order chi connectivity index (χ0) is 13.7. The summed E-state index contributed by atoms with van der Waals surface area (Å²) in [5.41, 5.74) is 0.564. The lowest BCUT2D eigenvalue weighted by Gasteiger charge is -2.23. The molecule has 1 saturated carbocycles. The summed E-state index contributed by atoms with van der Waals surface area (Å²) < 4.78 is 5.11. The lowest BCUT2D eigenvalue weighted by Crippen LogP contribution is -2.39. The van der Waals surface area contributed by atoms with Crippen molar-refractivity contribution in [3.05, 3.63) is 23.2 Å². The van der Waals surface area contributed by atoms with E-state index in [0.29, 0.717) is 16.5 Å². The standard InChI is InChI=1S/C14H19ClN2O2/c1-19-11-7-8-12(15)13(9-11)17-14(18)16-10-5-3-2-4-6-10/h7-10H,2-6H2,1H3,(H2,16,17,18). The van der Waals surface area contributed by atoms with Gasteiger partial charge in [0, 0.05) is 12.1 Å². The molecule has 5 heteroatoms. The fraction of sp³-hybridized carbons (Fsp3) is 0.500. The number of hydrogen-bond acceptors (Lipinski definition) is 2. The van der Waals surface area contributed by atoms with Crippen molar-refractivity contribution in [3.8, 4) is 5.75 Å². The Hall–Kier alpha value is -1.42. The molecular formula is C14H19ClN2O2. The quantitative estimate of drug-likeness (QED) is 0.886. The summed E-state index contributed by atoms with van der Waals surface area (Å²) in [6.07, 6.45) is 5.75. The van der Waals surface area contributed by atoms with Crippen LogP contribution in [0.3, 0.4) is 0 Å². The molecule has 0 heterocycles. The molecule has 1 aromatic carbocycles. The van der Waals surface area contributed by atoms with Gasteiger partial charge in [0.25, 0.3) is 0 Å². The van der Waals surface area contributed by atoms with Crippen molar-refractivity contribution in [2.75, 3.05) is 12.4 Å². The van der Waals surface area contributed by atoms with Crippen LogP contribution in [0.5, 0.6) is 5.75 Å². The minimum Gasteiger partial charge on any atom is -0.497 e. The Morgan fingerprint density at radius 1 is 1.32 bits per heavy atom. The number of anilines is 1. The molecule has 1 fully saturated rings. The van der Waals surface area contributed by atoms with Crippen LogP contribution in [0, 0.1) is 0 Å².